The van der Waals surface area contributed by atoms with Gasteiger partial charge in [-0.2, -0.15) is 11.6 Å². The van der Waals surface area contributed by atoms with E-state index < -0.39 is 0 Å². The number of para-hydroxylation sites is 1. The summed E-state index contributed by atoms with van der Waals surface area (Å²) in [5.74, 6) is 0.839. The average Bonchev–Trinajstić information content (AvgIpc) is 3.05. The predicted molar refractivity (Wildman–Crippen MR) is 105 cm³/mol. The predicted octanol–water partition coefficient (Wildman–Crippen LogP) is 6.00. The van der Waals surface area contributed by atoms with E-state index in [9.17, 15) is 0 Å². The Morgan fingerprint density at radius 1 is 1.17 bits per heavy atom. The number of rotatable bonds is 3. The summed E-state index contributed by atoms with van der Waals surface area (Å²) in [5.41, 5.74) is 1.74. The summed E-state index contributed by atoms with van der Waals surface area (Å²) in [6.45, 7) is 14.6. The number of ether oxygens (including phenoxy) is 1. The molecule has 3 heteroatoms. The molecule has 0 aromatic heterocycles. The van der Waals surface area contributed by atoms with Crippen molar-refractivity contribution in [3.63, 3.8) is 0 Å². The second kappa shape index (κ2) is 15.4. The summed E-state index contributed by atoms with van der Waals surface area (Å²) < 4.78 is 5.19. The van der Waals surface area contributed by atoms with Gasteiger partial charge in [0, 0.05) is 31.2 Å². The molecule has 0 spiro atoms. The fourth-order valence-electron chi connectivity index (χ4n) is 1.59. The third kappa shape index (κ3) is 13.4. The molecule has 0 fully saturated rings. The van der Waals surface area contributed by atoms with Crippen molar-refractivity contribution in [2.45, 2.75) is 40.3 Å². The Hall–Kier alpha value is -1.09. The van der Waals surface area contributed by atoms with Gasteiger partial charge in [-0.05, 0) is 18.2 Å². The molecule has 1 aromatic rings. The van der Waals surface area contributed by atoms with E-state index in [0.29, 0.717) is 5.41 Å². The molecule has 0 saturated carbocycles. The molecule has 129 valence electrons. The molecule has 0 bridgehead atoms. The number of benzene rings is 1. The molecule has 2 rings (SSSR count). The Morgan fingerprint density at radius 2 is 1.75 bits per heavy atom. The van der Waals surface area contributed by atoms with E-state index in [-0.39, 0.29) is 21.7 Å². The van der Waals surface area contributed by atoms with Crippen molar-refractivity contribution in [3.8, 4) is 5.75 Å². The minimum atomic E-state index is 0. The quantitative estimate of drug-likeness (QED) is 0.273. The van der Waals surface area contributed by atoms with Gasteiger partial charge in [0.1, 0.15) is 5.75 Å². The maximum absolute atomic E-state index is 5.19. The van der Waals surface area contributed by atoms with Gasteiger partial charge in [0.05, 0.1) is 6.26 Å². The molecule has 1 aromatic carbocycles. The maximum Gasteiger partial charge on any atom is 0.126 e. The number of allylic oxidation sites excluding steroid dienone is 6. The molecule has 1 aliphatic carbocycles. The first-order valence-electron chi connectivity index (χ1n) is 7.96. The number of hydrogen-bond acceptors (Lipinski definition) is 1. The third-order valence-electron chi connectivity index (χ3n) is 2.73. The SMILES string of the molecule is C=CC=COc1ccccc1.CC(C)(C)C1=CC[C-]=C1.C[SiH]C.[Ti]. The van der Waals surface area contributed by atoms with Crippen molar-refractivity contribution in [2.24, 2.45) is 5.41 Å². The van der Waals surface area contributed by atoms with Gasteiger partial charge in [0.15, 0.2) is 0 Å². The first-order chi connectivity index (χ1) is 11.0. The Balaban J connectivity index is 0. The van der Waals surface area contributed by atoms with Crippen molar-refractivity contribution >= 4 is 9.52 Å². The largest absolute Gasteiger partial charge is 0.465 e. The van der Waals surface area contributed by atoms with Crippen molar-refractivity contribution < 1.29 is 26.5 Å². The summed E-state index contributed by atoms with van der Waals surface area (Å²) in [7, 11) is 0.750. The molecule has 0 atom stereocenters. The van der Waals surface area contributed by atoms with E-state index in [1.807, 2.05) is 30.3 Å². The van der Waals surface area contributed by atoms with Crippen molar-refractivity contribution in [1.82, 2.24) is 0 Å². The fraction of sp³-hybridized carbons (Fsp3) is 0.333. The molecule has 24 heavy (non-hydrogen) atoms. The normalized spacial score (nSPS) is 12.1. The van der Waals surface area contributed by atoms with Gasteiger partial charge >= 0.3 is 0 Å². The van der Waals surface area contributed by atoms with Gasteiger partial charge in [-0.25, -0.2) is 6.08 Å². The Kier molecular flexibility index (Phi) is 16.2. The smallest absolute Gasteiger partial charge is 0.126 e. The average molecular weight is 374 g/mol. The Bertz CT molecular complexity index is 510. The van der Waals surface area contributed by atoms with Crippen LogP contribution in [0.4, 0.5) is 0 Å². The van der Waals surface area contributed by atoms with E-state index in [4.69, 9.17) is 4.74 Å². The van der Waals surface area contributed by atoms with Crippen LogP contribution in [0.15, 0.2) is 73.1 Å². The van der Waals surface area contributed by atoms with Crippen LogP contribution in [-0.2, 0) is 21.7 Å². The zero-order chi connectivity index (χ0) is 17.6. The van der Waals surface area contributed by atoms with Crippen molar-refractivity contribution in [1.29, 1.82) is 0 Å². The van der Waals surface area contributed by atoms with E-state index in [0.717, 1.165) is 21.7 Å². The summed E-state index contributed by atoms with van der Waals surface area (Å²) in [6, 6.07) is 9.60. The van der Waals surface area contributed by atoms with Gasteiger partial charge in [0.25, 0.3) is 0 Å². The van der Waals surface area contributed by atoms with Gasteiger partial charge in [-0.15, -0.1) is 6.42 Å². The molecular weight excluding hydrogens is 344 g/mol. The standard InChI is InChI=1S/C10H10O.C9H13.C2H7Si.Ti/c1-2-3-9-11-10-7-5-4-6-8-10;1-9(2,3)8-6-4-5-7-8;1-3-2;/h2-9H,1H2;6-7H,4H2,1-3H3;3H,1-2H3;/q;-1;;. The molecule has 0 aliphatic heterocycles. The maximum atomic E-state index is 5.19. The van der Waals surface area contributed by atoms with Gasteiger partial charge in [0.2, 0.25) is 0 Å². The number of hydrogen-bond donors (Lipinski definition) is 0. The molecule has 0 heterocycles. The molecule has 1 radical (unpaired) electrons. The van der Waals surface area contributed by atoms with Crippen LogP contribution in [0.3, 0.4) is 0 Å². The second-order valence-corrected chi connectivity index (χ2v) is 7.19. The molecule has 1 aliphatic rings. The van der Waals surface area contributed by atoms with Gasteiger partial charge in [-0.1, -0.05) is 70.1 Å². The monoisotopic (exact) mass is 374 g/mol. The molecule has 0 N–H and O–H groups in total. The first kappa shape index (κ1) is 25.2. The summed E-state index contributed by atoms with van der Waals surface area (Å²) in [6.07, 6.45) is 13.5. The van der Waals surface area contributed by atoms with Crippen LogP contribution in [-0.4, -0.2) is 9.52 Å². The molecule has 0 unspecified atom stereocenters. The first-order valence-corrected chi connectivity index (χ1v) is 10.3. The zero-order valence-electron chi connectivity index (χ0n) is 15.7. The van der Waals surface area contributed by atoms with Crippen LogP contribution in [0.25, 0.3) is 0 Å². The second-order valence-electron chi connectivity index (χ2n) is 6.03. The van der Waals surface area contributed by atoms with E-state index >= 15 is 0 Å². The van der Waals surface area contributed by atoms with Crippen LogP contribution in [0.5, 0.6) is 5.75 Å². The summed E-state index contributed by atoms with van der Waals surface area (Å²) in [5, 5.41) is 0. The molecule has 1 nitrogen and oxygen atoms in total. The van der Waals surface area contributed by atoms with E-state index in [1.54, 1.807) is 18.4 Å². The minimum absolute atomic E-state index is 0. The van der Waals surface area contributed by atoms with E-state index in [1.165, 1.54) is 5.57 Å². The van der Waals surface area contributed by atoms with E-state index in [2.05, 4.69) is 58.7 Å². The van der Waals surface area contributed by atoms with Gasteiger partial charge < -0.3 is 4.74 Å². The molecule has 0 saturated heterocycles. The van der Waals surface area contributed by atoms with Crippen LogP contribution in [0.1, 0.15) is 27.2 Å². The summed E-state index contributed by atoms with van der Waals surface area (Å²) >= 11 is 0. The fourth-order valence-corrected chi connectivity index (χ4v) is 1.59. The zero-order valence-corrected chi connectivity index (χ0v) is 18.4. The van der Waals surface area contributed by atoms with Crippen LogP contribution >= 0.6 is 0 Å². The molecule has 0 amide bonds. The Labute approximate surface area is 166 Å². The van der Waals surface area contributed by atoms with Gasteiger partial charge in [-0.3, -0.25) is 6.08 Å². The topological polar surface area (TPSA) is 9.23 Å². The Morgan fingerprint density at radius 3 is 2.12 bits per heavy atom. The third-order valence-corrected chi connectivity index (χ3v) is 2.73. The minimum Gasteiger partial charge on any atom is -0.465 e. The van der Waals surface area contributed by atoms with Crippen LogP contribution in [0, 0.1) is 11.5 Å². The van der Waals surface area contributed by atoms with Crippen LogP contribution in [0.2, 0.25) is 13.1 Å². The summed E-state index contributed by atoms with van der Waals surface area (Å²) in [4.78, 5) is 0. The van der Waals surface area contributed by atoms with Crippen LogP contribution < -0.4 is 4.74 Å². The van der Waals surface area contributed by atoms with Crippen molar-refractivity contribution in [2.75, 3.05) is 0 Å². The van der Waals surface area contributed by atoms with Crippen molar-refractivity contribution in [3.05, 3.63) is 79.1 Å². The molecular formula is C21H30OSiTi-.